The molecule has 0 saturated carbocycles. The third-order valence-corrected chi connectivity index (χ3v) is 5.04. The quantitative estimate of drug-likeness (QED) is 0.361. The first-order valence-corrected chi connectivity index (χ1v) is 9.82. The zero-order valence-corrected chi connectivity index (χ0v) is 18.7. The molecule has 0 aliphatic carbocycles. The summed E-state index contributed by atoms with van der Waals surface area (Å²) in [4.78, 5) is 21.9. The zero-order chi connectivity index (χ0) is 19.1. The molecule has 28 heavy (non-hydrogen) atoms. The fraction of sp³-hybridized carbons (Fsp3) is 0.600. The normalized spacial score (nSPS) is 21.2. The number of rotatable bonds is 5. The van der Waals surface area contributed by atoms with Gasteiger partial charge in [0.15, 0.2) is 5.96 Å². The van der Waals surface area contributed by atoms with Gasteiger partial charge in [0, 0.05) is 32.7 Å². The number of nitrogens with zero attached hydrogens (tertiary/aromatic N) is 3. The van der Waals surface area contributed by atoms with Crippen molar-refractivity contribution in [3.05, 3.63) is 35.9 Å². The van der Waals surface area contributed by atoms with Gasteiger partial charge >= 0.3 is 0 Å². The van der Waals surface area contributed by atoms with Crippen LogP contribution in [-0.2, 0) is 9.53 Å². The van der Waals surface area contributed by atoms with Gasteiger partial charge in [0.25, 0.3) is 0 Å². The van der Waals surface area contributed by atoms with Crippen LogP contribution in [0.15, 0.2) is 35.3 Å². The fourth-order valence-corrected chi connectivity index (χ4v) is 3.55. The fourth-order valence-electron chi connectivity index (χ4n) is 3.55. The molecule has 2 heterocycles. The van der Waals surface area contributed by atoms with Crippen molar-refractivity contribution in [2.24, 2.45) is 4.99 Å². The van der Waals surface area contributed by atoms with Crippen LogP contribution in [0.2, 0.25) is 0 Å². The van der Waals surface area contributed by atoms with Gasteiger partial charge < -0.3 is 25.0 Å². The first-order valence-electron chi connectivity index (χ1n) is 9.82. The van der Waals surface area contributed by atoms with Crippen molar-refractivity contribution in [1.29, 1.82) is 0 Å². The summed E-state index contributed by atoms with van der Waals surface area (Å²) in [6, 6.07) is 9.86. The Balaban J connectivity index is 0.00000280. The van der Waals surface area contributed by atoms with Gasteiger partial charge in [-0.2, -0.15) is 0 Å². The van der Waals surface area contributed by atoms with Crippen LogP contribution in [0, 0.1) is 0 Å². The van der Waals surface area contributed by atoms with Crippen molar-refractivity contribution in [2.75, 3.05) is 52.5 Å². The first-order chi connectivity index (χ1) is 13.2. The second-order valence-corrected chi connectivity index (χ2v) is 6.98. The van der Waals surface area contributed by atoms with E-state index in [1.165, 1.54) is 0 Å². The monoisotopic (exact) mass is 502 g/mol. The maximum atomic E-state index is 13.2. The third kappa shape index (κ3) is 6.05. The summed E-state index contributed by atoms with van der Waals surface area (Å²) in [7, 11) is 0. The second kappa shape index (κ2) is 11.6. The molecule has 2 fully saturated rings. The number of aliphatic hydroxyl groups excluding tert-OH is 1. The van der Waals surface area contributed by atoms with Crippen LogP contribution >= 0.6 is 24.0 Å². The molecule has 8 heteroatoms. The Bertz CT molecular complexity index is 638. The number of amides is 1. The molecular weight excluding hydrogens is 471 g/mol. The number of morpholine rings is 1. The molecule has 0 radical (unpaired) electrons. The topological polar surface area (TPSA) is 77.4 Å². The maximum absolute atomic E-state index is 13.2. The number of ether oxygens (including phenoxy) is 1. The van der Waals surface area contributed by atoms with Gasteiger partial charge in [-0.1, -0.05) is 30.3 Å². The number of β-amino-alcohol motifs (C(OH)–C–C–N with tert-alkyl or cyclic N) is 1. The van der Waals surface area contributed by atoms with Gasteiger partial charge in [-0.25, -0.2) is 0 Å². The van der Waals surface area contributed by atoms with Crippen LogP contribution in [0.1, 0.15) is 24.8 Å². The number of nitrogens with one attached hydrogen (secondary N) is 1. The Morgan fingerprint density at radius 2 is 1.96 bits per heavy atom. The highest BCUT2D eigenvalue weighted by atomic mass is 127. The zero-order valence-electron chi connectivity index (χ0n) is 16.4. The average molecular weight is 502 g/mol. The molecule has 1 unspecified atom stereocenters. The summed E-state index contributed by atoms with van der Waals surface area (Å²) in [6.45, 7) is 6.95. The summed E-state index contributed by atoms with van der Waals surface area (Å²) in [5.41, 5.74) is 0.982. The minimum absolute atomic E-state index is 0. The predicted octanol–water partition coefficient (Wildman–Crippen LogP) is 1.28. The molecule has 1 amide bonds. The average Bonchev–Trinajstić information content (AvgIpc) is 3.15. The van der Waals surface area contributed by atoms with Crippen LogP contribution in [0.3, 0.4) is 0 Å². The largest absolute Gasteiger partial charge is 0.391 e. The van der Waals surface area contributed by atoms with Crippen LogP contribution in [0.4, 0.5) is 0 Å². The minimum atomic E-state index is -0.314. The molecule has 2 aliphatic rings. The lowest BCUT2D eigenvalue weighted by Gasteiger charge is -2.30. The Morgan fingerprint density at radius 1 is 1.25 bits per heavy atom. The number of carbonyl (C=O) groups excluding carboxylic acids is 1. The van der Waals surface area contributed by atoms with Crippen molar-refractivity contribution in [3.63, 3.8) is 0 Å². The van der Waals surface area contributed by atoms with E-state index >= 15 is 0 Å². The van der Waals surface area contributed by atoms with Crippen LogP contribution in [-0.4, -0.2) is 85.4 Å². The predicted molar refractivity (Wildman–Crippen MR) is 120 cm³/mol. The smallest absolute Gasteiger partial charge is 0.232 e. The molecule has 0 spiro atoms. The van der Waals surface area contributed by atoms with Crippen molar-refractivity contribution >= 4 is 35.8 Å². The molecule has 2 aliphatic heterocycles. The van der Waals surface area contributed by atoms with Crippen molar-refractivity contribution in [3.8, 4) is 0 Å². The molecule has 156 valence electrons. The van der Waals surface area contributed by atoms with Crippen molar-refractivity contribution in [2.45, 2.75) is 25.4 Å². The summed E-state index contributed by atoms with van der Waals surface area (Å²) in [5.74, 6) is 0.556. The number of guanidine groups is 1. The molecule has 0 bridgehead atoms. The molecule has 0 aromatic heterocycles. The third-order valence-electron chi connectivity index (χ3n) is 5.04. The van der Waals surface area contributed by atoms with E-state index in [0.717, 1.165) is 31.0 Å². The van der Waals surface area contributed by atoms with E-state index in [1.807, 2.05) is 42.2 Å². The van der Waals surface area contributed by atoms with Gasteiger partial charge in [-0.3, -0.25) is 9.79 Å². The van der Waals surface area contributed by atoms with E-state index in [2.05, 4.69) is 10.2 Å². The van der Waals surface area contributed by atoms with Gasteiger partial charge in [0.2, 0.25) is 5.91 Å². The number of hydrogen-bond acceptors (Lipinski definition) is 4. The number of aliphatic hydroxyl groups is 1. The van der Waals surface area contributed by atoms with E-state index in [0.29, 0.717) is 39.4 Å². The second-order valence-electron chi connectivity index (χ2n) is 6.98. The van der Waals surface area contributed by atoms with E-state index in [9.17, 15) is 9.90 Å². The number of aliphatic imine (C=N–C) groups is 1. The first kappa shape index (κ1) is 22.9. The lowest BCUT2D eigenvalue weighted by atomic mass is 9.97. The molecule has 3 rings (SSSR count). The van der Waals surface area contributed by atoms with Crippen LogP contribution in [0.25, 0.3) is 0 Å². The SMILES string of the molecule is CCNC(=NCC(C(=O)N1CCOCC1)c1ccccc1)N1CC[C@@H](O)C1.I. The number of likely N-dealkylation sites (tertiary alicyclic amines) is 1. The molecule has 1 aromatic carbocycles. The summed E-state index contributed by atoms with van der Waals surface area (Å²) in [5, 5.41) is 13.1. The number of hydrogen-bond donors (Lipinski definition) is 2. The van der Waals surface area contributed by atoms with Crippen molar-refractivity contribution < 1.29 is 14.6 Å². The lowest BCUT2D eigenvalue weighted by Crippen LogP contribution is -2.44. The standard InChI is InChI=1S/C20H30N4O3.HI/c1-2-21-20(24-9-8-17(25)15-24)22-14-18(16-6-4-3-5-7-16)19(26)23-10-12-27-13-11-23;/h3-7,17-18,25H,2,8-15H2,1H3,(H,21,22);1H/t17-,18?;/m1./s1. The van der Waals surface area contributed by atoms with E-state index in [4.69, 9.17) is 9.73 Å². The Kier molecular flexibility index (Phi) is 9.46. The summed E-state index contributed by atoms with van der Waals surface area (Å²) < 4.78 is 5.38. The summed E-state index contributed by atoms with van der Waals surface area (Å²) >= 11 is 0. The highest BCUT2D eigenvalue weighted by molar-refractivity contribution is 14.0. The maximum Gasteiger partial charge on any atom is 0.232 e. The minimum Gasteiger partial charge on any atom is -0.391 e. The molecule has 1 aromatic rings. The molecule has 7 nitrogen and oxygen atoms in total. The highest BCUT2D eigenvalue weighted by Gasteiger charge is 2.28. The Labute approximate surface area is 184 Å². The van der Waals surface area contributed by atoms with Gasteiger partial charge in [0.1, 0.15) is 0 Å². The van der Waals surface area contributed by atoms with Gasteiger partial charge in [-0.15, -0.1) is 24.0 Å². The van der Waals surface area contributed by atoms with Crippen LogP contribution in [0.5, 0.6) is 0 Å². The van der Waals surface area contributed by atoms with Gasteiger partial charge in [-0.05, 0) is 18.9 Å². The molecule has 2 atom stereocenters. The lowest BCUT2D eigenvalue weighted by molar-refractivity contribution is -0.136. The van der Waals surface area contributed by atoms with E-state index < -0.39 is 0 Å². The van der Waals surface area contributed by atoms with Crippen molar-refractivity contribution in [1.82, 2.24) is 15.1 Å². The number of halogens is 1. The van der Waals surface area contributed by atoms with E-state index in [1.54, 1.807) is 0 Å². The summed E-state index contributed by atoms with van der Waals surface area (Å²) in [6.07, 6.45) is 0.438. The number of carbonyl (C=O) groups is 1. The van der Waals surface area contributed by atoms with E-state index in [-0.39, 0.29) is 41.9 Å². The van der Waals surface area contributed by atoms with Crippen LogP contribution < -0.4 is 5.32 Å². The molecule has 2 saturated heterocycles. The number of benzene rings is 1. The molecule has 2 N–H and O–H groups in total. The Hall–Kier alpha value is -1.39. The Morgan fingerprint density at radius 3 is 2.57 bits per heavy atom. The molecular formula is C20H31IN4O3. The van der Waals surface area contributed by atoms with Gasteiger partial charge in [0.05, 0.1) is 31.8 Å². The highest BCUT2D eigenvalue weighted by Crippen LogP contribution is 2.20.